The van der Waals surface area contributed by atoms with Gasteiger partial charge in [0.15, 0.2) is 0 Å². The summed E-state index contributed by atoms with van der Waals surface area (Å²) in [4.78, 5) is 28.4. The molecule has 0 saturated carbocycles. The summed E-state index contributed by atoms with van der Waals surface area (Å²) < 4.78 is 15.3. The van der Waals surface area contributed by atoms with Crippen LogP contribution in [0.3, 0.4) is 0 Å². The first-order valence-corrected chi connectivity index (χ1v) is 11.6. The van der Waals surface area contributed by atoms with Crippen LogP contribution in [0.4, 0.5) is 10.3 Å². The molecular formula is C26H25FN6O. The number of amides is 1. The Labute approximate surface area is 197 Å². The molecule has 0 spiro atoms. The van der Waals surface area contributed by atoms with Gasteiger partial charge in [0, 0.05) is 80.5 Å². The van der Waals surface area contributed by atoms with E-state index in [0.29, 0.717) is 11.6 Å². The molecule has 2 fully saturated rings. The van der Waals surface area contributed by atoms with E-state index < -0.39 is 0 Å². The first-order chi connectivity index (χ1) is 16.7. The Bertz CT molecular complexity index is 1310. The molecule has 8 heteroatoms. The molecule has 6 rings (SSSR count). The van der Waals surface area contributed by atoms with Crippen molar-refractivity contribution in [2.75, 3.05) is 44.2 Å². The number of nitrogens with zero attached hydrogens (tertiary/aromatic N) is 6. The van der Waals surface area contributed by atoms with E-state index in [0.717, 1.165) is 61.8 Å². The fourth-order valence-corrected chi connectivity index (χ4v) is 4.88. The first kappa shape index (κ1) is 20.8. The minimum absolute atomic E-state index is 0.0732. The molecular weight excluding hydrogens is 431 g/mol. The molecule has 2 aromatic carbocycles. The highest BCUT2D eigenvalue weighted by Gasteiger charge is 2.36. The van der Waals surface area contributed by atoms with Crippen LogP contribution in [0.2, 0.25) is 0 Å². The van der Waals surface area contributed by atoms with Crippen molar-refractivity contribution < 1.29 is 9.18 Å². The number of fused-ring (bicyclic) bond motifs is 1. The molecule has 4 heterocycles. The maximum Gasteiger partial charge on any atom is 0.253 e. The van der Waals surface area contributed by atoms with Crippen LogP contribution in [-0.2, 0) is 0 Å². The van der Waals surface area contributed by atoms with Crippen LogP contribution in [-0.4, -0.2) is 75.6 Å². The van der Waals surface area contributed by atoms with E-state index in [9.17, 15) is 9.18 Å². The Morgan fingerprint density at radius 1 is 0.912 bits per heavy atom. The van der Waals surface area contributed by atoms with E-state index in [2.05, 4.69) is 19.8 Å². The molecule has 0 radical (unpaired) electrons. The number of halogens is 1. The summed E-state index contributed by atoms with van der Waals surface area (Å²) in [5.41, 5.74) is 2.58. The van der Waals surface area contributed by atoms with Crippen molar-refractivity contribution in [2.45, 2.75) is 6.04 Å². The lowest BCUT2D eigenvalue weighted by Gasteiger charge is -2.48. The van der Waals surface area contributed by atoms with Crippen LogP contribution in [0, 0.1) is 5.82 Å². The van der Waals surface area contributed by atoms with Crippen molar-refractivity contribution in [1.82, 2.24) is 24.3 Å². The van der Waals surface area contributed by atoms with Crippen LogP contribution in [0.5, 0.6) is 0 Å². The van der Waals surface area contributed by atoms with E-state index in [4.69, 9.17) is 0 Å². The number of likely N-dealkylation sites (tertiary alicyclic amines) is 1. The lowest BCUT2D eigenvalue weighted by atomic mass is 10.0. The van der Waals surface area contributed by atoms with Crippen molar-refractivity contribution in [3.05, 3.63) is 84.6 Å². The molecule has 0 unspecified atom stereocenters. The van der Waals surface area contributed by atoms with Gasteiger partial charge in [-0.1, -0.05) is 0 Å². The molecule has 2 saturated heterocycles. The SMILES string of the molecule is O=C(c1ccc2c(ccn2-c2ccc(F)cc2)c1)N1CC(N2CCN(c3ncccn3)CC2)C1. The molecule has 1 amide bonds. The summed E-state index contributed by atoms with van der Waals surface area (Å²) in [6, 6.07) is 16.4. The zero-order chi connectivity index (χ0) is 23.1. The zero-order valence-electron chi connectivity index (χ0n) is 18.7. The van der Waals surface area contributed by atoms with E-state index in [1.807, 2.05) is 46.0 Å². The van der Waals surface area contributed by atoms with Crippen molar-refractivity contribution in [3.63, 3.8) is 0 Å². The van der Waals surface area contributed by atoms with Gasteiger partial charge in [-0.15, -0.1) is 0 Å². The van der Waals surface area contributed by atoms with E-state index in [1.165, 1.54) is 12.1 Å². The molecule has 2 aliphatic heterocycles. The topological polar surface area (TPSA) is 57.5 Å². The van der Waals surface area contributed by atoms with Crippen molar-refractivity contribution >= 4 is 22.8 Å². The van der Waals surface area contributed by atoms with E-state index in [1.54, 1.807) is 24.5 Å². The molecule has 34 heavy (non-hydrogen) atoms. The Hall–Kier alpha value is -3.78. The van der Waals surface area contributed by atoms with Gasteiger partial charge in [0.05, 0.1) is 5.52 Å². The second-order valence-corrected chi connectivity index (χ2v) is 8.87. The monoisotopic (exact) mass is 456 g/mol. The standard InChI is InChI=1S/C26H25FN6O/c27-21-3-5-22(6-4-21)33-11-8-19-16-20(2-7-24(19)33)25(34)32-17-23(18-32)30-12-14-31(15-13-30)26-28-9-1-10-29-26/h1-11,16,23H,12-15,17-18H2. The van der Waals surface area contributed by atoms with Crippen LogP contribution >= 0.6 is 0 Å². The Morgan fingerprint density at radius 3 is 2.38 bits per heavy atom. The Balaban J connectivity index is 1.08. The third-order valence-electron chi connectivity index (χ3n) is 6.86. The molecule has 4 aromatic rings. The lowest BCUT2D eigenvalue weighted by molar-refractivity contribution is 0.0246. The smallest absolute Gasteiger partial charge is 0.253 e. The van der Waals surface area contributed by atoms with E-state index >= 15 is 0 Å². The number of anilines is 1. The number of piperazine rings is 1. The number of carbonyl (C=O) groups excluding carboxylic acids is 1. The van der Waals surface area contributed by atoms with Gasteiger partial charge in [0.25, 0.3) is 5.91 Å². The van der Waals surface area contributed by atoms with Crippen LogP contribution in [0.15, 0.2) is 73.2 Å². The number of hydrogen-bond acceptors (Lipinski definition) is 5. The quantitative estimate of drug-likeness (QED) is 0.472. The minimum Gasteiger partial charge on any atom is -0.338 e. The molecule has 2 aliphatic rings. The summed E-state index contributed by atoms with van der Waals surface area (Å²) in [5, 5.41) is 0.992. The third-order valence-corrected chi connectivity index (χ3v) is 6.86. The maximum absolute atomic E-state index is 13.3. The molecule has 172 valence electrons. The van der Waals surface area contributed by atoms with Gasteiger partial charge in [0.2, 0.25) is 5.95 Å². The summed E-state index contributed by atoms with van der Waals surface area (Å²) in [7, 11) is 0. The second kappa shape index (κ2) is 8.53. The number of carbonyl (C=O) groups is 1. The highest BCUT2D eigenvalue weighted by molar-refractivity contribution is 5.99. The highest BCUT2D eigenvalue weighted by atomic mass is 19.1. The first-order valence-electron chi connectivity index (χ1n) is 11.6. The van der Waals surface area contributed by atoms with Gasteiger partial charge < -0.3 is 14.4 Å². The van der Waals surface area contributed by atoms with Gasteiger partial charge in [0.1, 0.15) is 5.82 Å². The average Bonchev–Trinajstić information content (AvgIpc) is 3.28. The van der Waals surface area contributed by atoms with Crippen molar-refractivity contribution in [1.29, 1.82) is 0 Å². The molecule has 0 atom stereocenters. The summed E-state index contributed by atoms with van der Waals surface area (Å²) in [5.74, 6) is 0.605. The van der Waals surface area contributed by atoms with Crippen LogP contribution in [0.25, 0.3) is 16.6 Å². The largest absolute Gasteiger partial charge is 0.338 e. The van der Waals surface area contributed by atoms with Crippen LogP contribution in [0.1, 0.15) is 10.4 Å². The molecule has 0 aliphatic carbocycles. The Morgan fingerprint density at radius 2 is 1.65 bits per heavy atom. The van der Waals surface area contributed by atoms with E-state index in [-0.39, 0.29) is 11.7 Å². The lowest BCUT2D eigenvalue weighted by Crippen LogP contribution is -2.64. The normalized spacial score (nSPS) is 17.2. The summed E-state index contributed by atoms with van der Waals surface area (Å²) in [6.45, 7) is 5.22. The predicted molar refractivity (Wildman–Crippen MR) is 129 cm³/mol. The fraction of sp³-hybridized carbons (Fsp3) is 0.269. The third kappa shape index (κ3) is 3.80. The highest BCUT2D eigenvalue weighted by Crippen LogP contribution is 2.25. The fourth-order valence-electron chi connectivity index (χ4n) is 4.88. The second-order valence-electron chi connectivity index (χ2n) is 8.87. The maximum atomic E-state index is 13.3. The van der Waals surface area contributed by atoms with Crippen LogP contribution < -0.4 is 4.90 Å². The Kier molecular flexibility index (Phi) is 5.22. The number of benzene rings is 2. The number of rotatable bonds is 4. The van der Waals surface area contributed by atoms with Gasteiger partial charge in [-0.3, -0.25) is 9.69 Å². The van der Waals surface area contributed by atoms with Crippen molar-refractivity contribution in [3.8, 4) is 5.69 Å². The molecule has 0 bridgehead atoms. The average molecular weight is 457 g/mol. The summed E-state index contributed by atoms with van der Waals surface area (Å²) in [6.07, 6.45) is 5.50. The van der Waals surface area contributed by atoms with Gasteiger partial charge in [-0.05, 0) is 54.6 Å². The minimum atomic E-state index is -0.256. The predicted octanol–water partition coefficient (Wildman–Crippen LogP) is 3.21. The van der Waals surface area contributed by atoms with Gasteiger partial charge >= 0.3 is 0 Å². The van der Waals surface area contributed by atoms with Crippen molar-refractivity contribution in [2.24, 2.45) is 0 Å². The molecule has 2 aromatic heterocycles. The summed E-state index contributed by atoms with van der Waals surface area (Å²) >= 11 is 0. The molecule has 7 nitrogen and oxygen atoms in total. The number of hydrogen-bond donors (Lipinski definition) is 0. The van der Waals surface area contributed by atoms with Gasteiger partial charge in [-0.2, -0.15) is 0 Å². The zero-order valence-corrected chi connectivity index (χ0v) is 18.7. The number of aromatic nitrogens is 3. The van der Waals surface area contributed by atoms with Gasteiger partial charge in [-0.25, -0.2) is 14.4 Å². The molecule has 0 N–H and O–H groups in total.